The van der Waals surface area contributed by atoms with Gasteiger partial charge in [0.2, 0.25) is 5.95 Å². The number of nitrogens with one attached hydrogen (secondary N) is 1. The number of amides is 1. The summed E-state index contributed by atoms with van der Waals surface area (Å²) in [5, 5.41) is 2.93. The Hall–Kier alpha value is -2.43. The Morgan fingerprint density at radius 2 is 1.83 bits per heavy atom. The fraction of sp³-hybridized carbons (Fsp3) is 0.389. The average Bonchev–Trinajstić information content (AvgIpc) is 3.08. The van der Waals surface area contributed by atoms with Crippen LogP contribution in [0.1, 0.15) is 40.2 Å². The first-order valence-electron chi connectivity index (χ1n) is 8.06. The van der Waals surface area contributed by atoms with E-state index in [4.69, 9.17) is 0 Å². The summed E-state index contributed by atoms with van der Waals surface area (Å²) in [4.78, 5) is 23.4. The molecule has 0 aliphatic carbocycles. The van der Waals surface area contributed by atoms with Crippen molar-refractivity contribution in [3.8, 4) is 0 Å². The summed E-state index contributed by atoms with van der Waals surface area (Å²) in [6.07, 6.45) is 2.32. The summed E-state index contributed by atoms with van der Waals surface area (Å²) in [5.74, 6) is 0.513. The number of anilines is 1. The van der Waals surface area contributed by atoms with Crippen molar-refractivity contribution in [3.63, 3.8) is 0 Å². The molecule has 5 heteroatoms. The van der Waals surface area contributed by atoms with Gasteiger partial charge in [0.05, 0.1) is 0 Å². The lowest BCUT2D eigenvalue weighted by Crippen LogP contribution is -2.26. The van der Waals surface area contributed by atoms with Gasteiger partial charge in [-0.05, 0) is 38.3 Å². The molecule has 5 nitrogen and oxygen atoms in total. The van der Waals surface area contributed by atoms with E-state index in [1.54, 1.807) is 6.07 Å². The van der Waals surface area contributed by atoms with Crippen molar-refractivity contribution in [3.05, 3.63) is 52.8 Å². The number of aromatic nitrogens is 2. The zero-order chi connectivity index (χ0) is 16.2. The third-order valence-electron chi connectivity index (χ3n) is 4.04. The van der Waals surface area contributed by atoms with Gasteiger partial charge in [0.1, 0.15) is 5.69 Å². The van der Waals surface area contributed by atoms with Crippen LogP contribution in [-0.2, 0) is 6.54 Å². The Morgan fingerprint density at radius 3 is 2.52 bits per heavy atom. The van der Waals surface area contributed by atoms with Gasteiger partial charge in [-0.3, -0.25) is 4.79 Å². The summed E-state index contributed by atoms with van der Waals surface area (Å²) >= 11 is 0. The molecule has 0 bridgehead atoms. The molecule has 0 unspecified atom stereocenters. The SMILES string of the molecule is Cc1ccc(CNC(=O)c2cc(C)nc(N3CCCC3)n2)cc1. The van der Waals surface area contributed by atoms with Crippen LogP contribution in [0.3, 0.4) is 0 Å². The fourth-order valence-corrected chi connectivity index (χ4v) is 2.71. The van der Waals surface area contributed by atoms with E-state index in [9.17, 15) is 4.79 Å². The van der Waals surface area contributed by atoms with Gasteiger partial charge in [0.15, 0.2) is 0 Å². The van der Waals surface area contributed by atoms with Crippen molar-refractivity contribution < 1.29 is 4.79 Å². The average molecular weight is 310 g/mol. The van der Waals surface area contributed by atoms with Crippen molar-refractivity contribution in [1.82, 2.24) is 15.3 Å². The van der Waals surface area contributed by atoms with Crippen LogP contribution in [0.2, 0.25) is 0 Å². The van der Waals surface area contributed by atoms with Crippen LogP contribution < -0.4 is 10.2 Å². The molecule has 1 amide bonds. The van der Waals surface area contributed by atoms with Crippen LogP contribution in [0.25, 0.3) is 0 Å². The molecule has 0 saturated carbocycles. The van der Waals surface area contributed by atoms with Crippen molar-refractivity contribution in [2.75, 3.05) is 18.0 Å². The Labute approximate surface area is 136 Å². The predicted octanol–water partition coefficient (Wildman–Crippen LogP) is 2.62. The number of carbonyl (C=O) groups excluding carboxylic acids is 1. The highest BCUT2D eigenvalue weighted by atomic mass is 16.1. The molecule has 0 spiro atoms. The number of hydrogen-bond donors (Lipinski definition) is 1. The van der Waals surface area contributed by atoms with E-state index in [2.05, 4.69) is 20.2 Å². The highest BCUT2D eigenvalue weighted by Gasteiger charge is 2.18. The van der Waals surface area contributed by atoms with E-state index in [0.717, 1.165) is 37.2 Å². The molecular weight excluding hydrogens is 288 g/mol. The smallest absolute Gasteiger partial charge is 0.270 e. The minimum Gasteiger partial charge on any atom is -0.347 e. The van der Waals surface area contributed by atoms with Gasteiger partial charge in [-0.2, -0.15) is 0 Å². The fourth-order valence-electron chi connectivity index (χ4n) is 2.71. The Balaban J connectivity index is 1.70. The van der Waals surface area contributed by atoms with Gasteiger partial charge in [0, 0.05) is 25.3 Å². The number of carbonyl (C=O) groups is 1. The summed E-state index contributed by atoms with van der Waals surface area (Å²) in [5.41, 5.74) is 3.55. The third-order valence-corrected chi connectivity index (χ3v) is 4.04. The molecule has 2 aromatic rings. The third kappa shape index (κ3) is 3.86. The molecule has 3 rings (SSSR count). The highest BCUT2D eigenvalue weighted by molar-refractivity contribution is 5.92. The first-order valence-corrected chi connectivity index (χ1v) is 8.06. The maximum Gasteiger partial charge on any atom is 0.270 e. The molecule has 0 atom stereocenters. The summed E-state index contributed by atoms with van der Waals surface area (Å²) in [6, 6.07) is 9.88. The minimum atomic E-state index is -0.156. The minimum absolute atomic E-state index is 0.156. The Bertz CT molecular complexity index is 691. The molecule has 1 aliphatic rings. The molecule has 1 saturated heterocycles. The van der Waals surface area contributed by atoms with Gasteiger partial charge in [0.25, 0.3) is 5.91 Å². The molecule has 2 heterocycles. The number of benzene rings is 1. The molecular formula is C18H22N4O. The molecule has 1 aliphatic heterocycles. The molecule has 1 N–H and O–H groups in total. The van der Waals surface area contributed by atoms with E-state index < -0.39 is 0 Å². The lowest BCUT2D eigenvalue weighted by Gasteiger charge is -2.16. The van der Waals surface area contributed by atoms with Gasteiger partial charge in [-0.15, -0.1) is 0 Å². The van der Waals surface area contributed by atoms with Crippen LogP contribution in [-0.4, -0.2) is 29.0 Å². The van der Waals surface area contributed by atoms with E-state index in [1.807, 2.05) is 38.1 Å². The quantitative estimate of drug-likeness (QED) is 0.943. The standard InChI is InChI=1S/C18H22N4O/c1-13-5-7-15(8-6-13)12-19-17(23)16-11-14(2)20-18(21-16)22-9-3-4-10-22/h5-8,11H,3-4,9-10,12H2,1-2H3,(H,19,23). The topological polar surface area (TPSA) is 58.1 Å². The summed E-state index contributed by atoms with van der Waals surface area (Å²) in [6.45, 7) is 6.38. The maximum atomic E-state index is 12.4. The van der Waals surface area contributed by atoms with Crippen LogP contribution in [0, 0.1) is 13.8 Å². The first kappa shape index (κ1) is 15.5. The van der Waals surface area contributed by atoms with Crippen molar-refractivity contribution in [2.45, 2.75) is 33.2 Å². The number of aryl methyl sites for hydroxylation is 2. The van der Waals surface area contributed by atoms with Crippen molar-refractivity contribution in [2.24, 2.45) is 0 Å². The van der Waals surface area contributed by atoms with Crippen LogP contribution in [0.5, 0.6) is 0 Å². The number of nitrogens with zero attached hydrogens (tertiary/aromatic N) is 3. The van der Waals surface area contributed by atoms with Gasteiger partial charge in [-0.25, -0.2) is 9.97 Å². The molecule has 1 aromatic carbocycles. The zero-order valence-electron chi connectivity index (χ0n) is 13.7. The second kappa shape index (κ2) is 6.77. The molecule has 1 fully saturated rings. The molecule has 0 radical (unpaired) electrons. The van der Waals surface area contributed by atoms with Gasteiger partial charge < -0.3 is 10.2 Å². The van der Waals surface area contributed by atoms with Crippen LogP contribution in [0.4, 0.5) is 5.95 Å². The van der Waals surface area contributed by atoms with Gasteiger partial charge in [-0.1, -0.05) is 29.8 Å². The maximum absolute atomic E-state index is 12.4. The monoisotopic (exact) mass is 310 g/mol. The van der Waals surface area contributed by atoms with Crippen molar-refractivity contribution >= 4 is 11.9 Å². The zero-order valence-corrected chi connectivity index (χ0v) is 13.7. The largest absolute Gasteiger partial charge is 0.347 e. The van der Waals surface area contributed by atoms with E-state index in [0.29, 0.717) is 18.2 Å². The van der Waals surface area contributed by atoms with Gasteiger partial charge >= 0.3 is 0 Å². The predicted molar refractivity (Wildman–Crippen MR) is 90.6 cm³/mol. The first-order chi connectivity index (χ1) is 11.1. The van der Waals surface area contributed by atoms with Crippen LogP contribution in [0.15, 0.2) is 30.3 Å². The second-order valence-electron chi connectivity index (χ2n) is 6.06. The summed E-state index contributed by atoms with van der Waals surface area (Å²) in [7, 11) is 0. The Kier molecular flexibility index (Phi) is 4.55. The second-order valence-corrected chi connectivity index (χ2v) is 6.06. The molecule has 23 heavy (non-hydrogen) atoms. The van der Waals surface area contributed by atoms with Crippen molar-refractivity contribution in [1.29, 1.82) is 0 Å². The van der Waals surface area contributed by atoms with E-state index in [-0.39, 0.29) is 5.91 Å². The number of rotatable bonds is 4. The lowest BCUT2D eigenvalue weighted by molar-refractivity contribution is 0.0945. The molecule has 1 aromatic heterocycles. The molecule has 120 valence electrons. The Morgan fingerprint density at radius 1 is 1.13 bits per heavy atom. The lowest BCUT2D eigenvalue weighted by atomic mass is 10.1. The van der Waals surface area contributed by atoms with E-state index in [1.165, 1.54) is 5.56 Å². The number of hydrogen-bond acceptors (Lipinski definition) is 4. The highest BCUT2D eigenvalue weighted by Crippen LogP contribution is 2.16. The van der Waals surface area contributed by atoms with E-state index >= 15 is 0 Å². The normalized spacial score (nSPS) is 14.1. The van der Waals surface area contributed by atoms with Crippen LogP contribution >= 0.6 is 0 Å². The summed E-state index contributed by atoms with van der Waals surface area (Å²) < 4.78 is 0.